The van der Waals surface area contributed by atoms with E-state index in [1.54, 1.807) is 36.4 Å². The molecule has 0 unspecified atom stereocenters. The molecule has 9 heteroatoms. The fourth-order valence-electron chi connectivity index (χ4n) is 2.25. The molecule has 1 heterocycles. The number of carbonyl (C=O) groups excluding carboxylic acids is 2. The number of aryl methyl sites for hydroxylation is 1. The first-order valence-electron chi connectivity index (χ1n) is 7.66. The van der Waals surface area contributed by atoms with Gasteiger partial charge in [-0.1, -0.05) is 29.8 Å². The SMILES string of the molecule is Cc1ccc(NC(=O)Cn2nnc(-c3ccc(C(N)=O)cc3)n2)c(Cl)c1. The lowest BCUT2D eigenvalue weighted by molar-refractivity contribution is -0.117. The van der Waals surface area contributed by atoms with Crippen molar-refractivity contribution in [2.45, 2.75) is 13.5 Å². The number of nitrogens with one attached hydrogen (secondary N) is 1. The van der Waals surface area contributed by atoms with Crippen molar-refractivity contribution in [3.05, 3.63) is 58.6 Å². The van der Waals surface area contributed by atoms with E-state index in [2.05, 4.69) is 20.7 Å². The molecule has 8 nitrogen and oxygen atoms in total. The van der Waals surface area contributed by atoms with Gasteiger partial charge in [-0.05, 0) is 42.0 Å². The number of nitrogens with two attached hydrogens (primary N) is 1. The van der Waals surface area contributed by atoms with Crippen molar-refractivity contribution in [3.63, 3.8) is 0 Å². The minimum Gasteiger partial charge on any atom is -0.366 e. The lowest BCUT2D eigenvalue weighted by Gasteiger charge is -2.07. The Morgan fingerprint density at radius 2 is 1.92 bits per heavy atom. The standard InChI is InChI=1S/C17H15ClN6O2/c1-10-2-7-14(13(18)8-10)20-15(25)9-24-22-17(21-23-24)12-5-3-11(4-6-12)16(19)26/h2-8H,9H2,1H3,(H2,19,26)(H,20,25). The predicted octanol–water partition coefficient (Wildman–Crippen LogP) is 2.04. The maximum atomic E-state index is 12.1. The number of amides is 2. The van der Waals surface area contributed by atoms with Gasteiger partial charge in [0.2, 0.25) is 17.6 Å². The summed E-state index contributed by atoms with van der Waals surface area (Å²) in [5.74, 6) is -0.509. The number of nitrogens with zero attached hydrogens (tertiary/aromatic N) is 4. The molecule has 0 bridgehead atoms. The van der Waals surface area contributed by atoms with Gasteiger partial charge in [0, 0.05) is 11.1 Å². The minimum atomic E-state index is -0.514. The van der Waals surface area contributed by atoms with E-state index in [-0.39, 0.29) is 12.5 Å². The maximum Gasteiger partial charge on any atom is 0.248 e. The first-order chi connectivity index (χ1) is 12.4. The Kier molecular flexibility index (Phi) is 4.94. The summed E-state index contributed by atoms with van der Waals surface area (Å²) in [5.41, 5.74) is 7.76. The van der Waals surface area contributed by atoms with E-state index in [0.29, 0.717) is 27.7 Å². The molecule has 0 spiro atoms. The Labute approximate surface area is 154 Å². The van der Waals surface area contributed by atoms with Gasteiger partial charge in [-0.2, -0.15) is 4.80 Å². The molecule has 0 aliphatic rings. The maximum absolute atomic E-state index is 12.1. The Morgan fingerprint density at radius 1 is 1.19 bits per heavy atom. The molecule has 2 aromatic carbocycles. The van der Waals surface area contributed by atoms with Gasteiger partial charge in [0.1, 0.15) is 6.54 Å². The van der Waals surface area contributed by atoms with Crippen LogP contribution < -0.4 is 11.1 Å². The van der Waals surface area contributed by atoms with Gasteiger partial charge in [-0.3, -0.25) is 9.59 Å². The quantitative estimate of drug-likeness (QED) is 0.712. The Hall–Kier alpha value is -3.26. The molecule has 3 N–H and O–H groups in total. The third-order valence-corrected chi connectivity index (χ3v) is 3.88. The average Bonchev–Trinajstić information content (AvgIpc) is 3.06. The molecule has 3 rings (SSSR count). The summed E-state index contributed by atoms with van der Waals surface area (Å²) in [6.45, 7) is 1.80. The van der Waals surface area contributed by atoms with Crippen molar-refractivity contribution >= 4 is 29.1 Å². The Bertz CT molecular complexity index is 968. The van der Waals surface area contributed by atoms with Crippen molar-refractivity contribution in [1.82, 2.24) is 20.2 Å². The van der Waals surface area contributed by atoms with Gasteiger partial charge in [-0.25, -0.2) is 0 Å². The summed E-state index contributed by atoms with van der Waals surface area (Å²) in [6, 6.07) is 11.8. The molecule has 0 aliphatic carbocycles. The second-order valence-corrected chi connectivity index (χ2v) is 6.02. The summed E-state index contributed by atoms with van der Waals surface area (Å²) in [7, 11) is 0. The van der Waals surface area contributed by atoms with Gasteiger partial charge < -0.3 is 11.1 Å². The van der Waals surface area contributed by atoms with Crippen LogP contribution in [-0.4, -0.2) is 32.0 Å². The molecule has 26 heavy (non-hydrogen) atoms. The fourth-order valence-corrected chi connectivity index (χ4v) is 2.53. The van der Waals surface area contributed by atoms with E-state index >= 15 is 0 Å². The number of benzene rings is 2. The van der Waals surface area contributed by atoms with E-state index in [9.17, 15) is 9.59 Å². The molecule has 0 saturated carbocycles. The zero-order valence-corrected chi connectivity index (χ0v) is 14.6. The summed E-state index contributed by atoms with van der Waals surface area (Å²) < 4.78 is 0. The first kappa shape index (κ1) is 17.6. The summed E-state index contributed by atoms with van der Waals surface area (Å²) >= 11 is 6.10. The van der Waals surface area contributed by atoms with E-state index < -0.39 is 5.91 Å². The van der Waals surface area contributed by atoms with Crippen molar-refractivity contribution in [2.75, 3.05) is 5.32 Å². The number of primary amides is 1. The second-order valence-electron chi connectivity index (χ2n) is 5.62. The number of carbonyl (C=O) groups is 2. The zero-order chi connectivity index (χ0) is 18.7. The molecule has 0 aliphatic heterocycles. The molecule has 0 saturated heterocycles. The van der Waals surface area contributed by atoms with Crippen LogP contribution in [0.2, 0.25) is 5.02 Å². The summed E-state index contributed by atoms with van der Waals surface area (Å²) in [5, 5.41) is 15.1. The third-order valence-electron chi connectivity index (χ3n) is 3.56. The number of hydrogen-bond donors (Lipinski definition) is 2. The lowest BCUT2D eigenvalue weighted by Crippen LogP contribution is -2.20. The fraction of sp³-hybridized carbons (Fsp3) is 0.118. The normalized spacial score (nSPS) is 10.5. The zero-order valence-electron chi connectivity index (χ0n) is 13.8. The van der Waals surface area contributed by atoms with Crippen LogP contribution in [-0.2, 0) is 11.3 Å². The highest BCUT2D eigenvalue weighted by atomic mass is 35.5. The van der Waals surface area contributed by atoms with Crippen LogP contribution in [0.3, 0.4) is 0 Å². The molecule has 3 aromatic rings. The summed E-state index contributed by atoms with van der Waals surface area (Å²) in [4.78, 5) is 24.4. The largest absolute Gasteiger partial charge is 0.366 e. The highest BCUT2D eigenvalue weighted by Gasteiger charge is 2.11. The lowest BCUT2D eigenvalue weighted by atomic mass is 10.1. The smallest absolute Gasteiger partial charge is 0.248 e. The van der Waals surface area contributed by atoms with Crippen molar-refractivity contribution < 1.29 is 9.59 Å². The molecule has 132 valence electrons. The molecule has 0 radical (unpaired) electrons. The minimum absolute atomic E-state index is 0.115. The average molecular weight is 371 g/mol. The van der Waals surface area contributed by atoms with E-state index in [4.69, 9.17) is 17.3 Å². The Morgan fingerprint density at radius 3 is 2.58 bits per heavy atom. The van der Waals surface area contributed by atoms with Crippen LogP contribution in [0.15, 0.2) is 42.5 Å². The van der Waals surface area contributed by atoms with Crippen LogP contribution in [0.4, 0.5) is 5.69 Å². The molecule has 2 amide bonds. The van der Waals surface area contributed by atoms with Crippen molar-refractivity contribution in [3.8, 4) is 11.4 Å². The highest BCUT2D eigenvalue weighted by Crippen LogP contribution is 2.22. The van der Waals surface area contributed by atoms with Crippen molar-refractivity contribution in [2.24, 2.45) is 5.73 Å². The molecular weight excluding hydrogens is 356 g/mol. The molecule has 1 aromatic heterocycles. The monoisotopic (exact) mass is 370 g/mol. The molecular formula is C17H15ClN6O2. The number of hydrogen-bond acceptors (Lipinski definition) is 5. The summed E-state index contributed by atoms with van der Waals surface area (Å²) in [6.07, 6.45) is 0. The van der Waals surface area contributed by atoms with Crippen LogP contribution in [0.5, 0.6) is 0 Å². The molecule has 0 atom stereocenters. The van der Waals surface area contributed by atoms with Crippen LogP contribution in [0.1, 0.15) is 15.9 Å². The van der Waals surface area contributed by atoms with Crippen LogP contribution >= 0.6 is 11.6 Å². The third kappa shape index (κ3) is 4.04. The van der Waals surface area contributed by atoms with Crippen LogP contribution in [0, 0.1) is 6.92 Å². The van der Waals surface area contributed by atoms with Crippen LogP contribution in [0.25, 0.3) is 11.4 Å². The second kappa shape index (κ2) is 7.32. The van der Waals surface area contributed by atoms with Gasteiger partial charge in [0.15, 0.2) is 0 Å². The number of tetrazole rings is 1. The highest BCUT2D eigenvalue weighted by molar-refractivity contribution is 6.33. The van der Waals surface area contributed by atoms with E-state index in [1.807, 2.05) is 13.0 Å². The van der Waals surface area contributed by atoms with Gasteiger partial charge in [0.25, 0.3) is 0 Å². The predicted molar refractivity (Wildman–Crippen MR) is 96.6 cm³/mol. The number of anilines is 1. The Balaban J connectivity index is 1.67. The number of halogens is 1. The van der Waals surface area contributed by atoms with Crippen molar-refractivity contribution in [1.29, 1.82) is 0 Å². The topological polar surface area (TPSA) is 116 Å². The van der Waals surface area contributed by atoms with E-state index in [0.717, 1.165) is 5.56 Å². The van der Waals surface area contributed by atoms with E-state index in [1.165, 1.54) is 4.80 Å². The van der Waals surface area contributed by atoms with Gasteiger partial charge in [-0.15, -0.1) is 10.2 Å². The number of aromatic nitrogens is 4. The molecule has 0 fully saturated rings. The van der Waals surface area contributed by atoms with Gasteiger partial charge >= 0.3 is 0 Å². The van der Waals surface area contributed by atoms with Gasteiger partial charge in [0.05, 0.1) is 10.7 Å². The number of rotatable bonds is 5. The first-order valence-corrected chi connectivity index (χ1v) is 8.04.